The third kappa shape index (κ3) is 9.43. The van der Waals surface area contributed by atoms with Gasteiger partial charge in [-0.15, -0.1) is 0 Å². The number of ether oxygens (including phenoxy) is 1. The van der Waals surface area contributed by atoms with Crippen LogP contribution in [0, 0.1) is 11.6 Å². The Morgan fingerprint density at radius 3 is 1.89 bits per heavy atom. The van der Waals surface area contributed by atoms with Gasteiger partial charge in [0, 0.05) is 0 Å². The van der Waals surface area contributed by atoms with Crippen LogP contribution in [0.25, 0.3) is 0 Å². The van der Waals surface area contributed by atoms with Gasteiger partial charge in [0.25, 0.3) is 0 Å². The van der Waals surface area contributed by atoms with Crippen LogP contribution in [-0.2, 0) is 34.4 Å². The van der Waals surface area contributed by atoms with Gasteiger partial charge in [0.05, 0.1) is 39.2 Å². The molecule has 4 rings (SSSR count). The maximum absolute atomic E-state index is 13.1. The molecule has 3 N–H and O–H groups in total. The zero-order valence-corrected chi connectivity index (χ0v) is 28.1. The second kappa shape index (κ2) is 16.1. The highest BCUT2D eigenvalue weighted by atomic mass is 35.5. The lowest BCUT2D eigenvalue weighted by atomic mass is 9.90. The standard InChI is InChI=1S/2C15H17ClFNO4S/c1-2-9-4-3-5-13(14(9)15(19)20)23(21,22)18-12-7-6-10(17)8-11(12)16;1-2-22-15(19)11-5-3-4-6-14(11)23(20,21)18-13-8-7-10(17)9-12(13)16/h6-8,13,18H,2-5H2,1H3,(H,19,20);5,7-9,14,18H,2-4,6H2,1H3/t13-;/m1./s1. The molecule has 0 aromatic heterocycles. The Hall–Kier alpha value is -3.20. The Morgan fingerprint density at radius 1 is 0.891 bits per heavy atom. The molecule has 10 nitrogen and oxygen atoms in total. The van der Waals surface area contributed by atoms with Gasteiger partial charge in [-0.2, -0.15) is 0 Å². The number of carbonyl (C=O) groups is 2. The van der Waals surface area contributed by atoms with E-state index in [2.05, 4.69) is 9.44 Å². The number of esters is 1. The molecule has 0 saturated heterocycles. The normalized spacial score (nSPS) is 18.5. The molecule has 1 unspecified atom stereocenters. The van der Waals surface area contributed by atoms with E-state index < -0.39 is 54.1 Å². The SMILES string of the molecule is CCC1=C(C(=O)O)[C@H](S(=O)(=O)Nc2ccc(F)cc2Cl)CCC1.CCOC(=O)C1=CCCCC1S(=O)(=O)Nc1ccc(F)cc1Cl. The Morgan fingerprint density at radius 2 is 1.41 bits per heavy atom. The van der Waals surface area contributed by atoms with Crippen molar-refractivity contribution in [1.29, 1.82) is 0 Å². The van der Waals surface area contributed by atoms with Crippen LogP contribution in [0.3, 0.4) is 0 Å². The summed E-state index contributed by atoms with van der Waals surface area (Å²) in [6.07, 6.45) is 5.06. The second-order valence-electron chi connectivity index (χ2n) is 10.4. The molecule has 2 atom stereocenters. The van der Waals surface area contributed by atoms with Crippen molar-refractivity contribution in [3.8, 4) is 0 Å². The highest BCUT2D eigenvalue weighted by Gasteiger charge is 2.38. The van der Waals surface area contributed by atoms with E-state index in [0.29, 0.717) is 44.1 Å². The van der Waals surface area contributed by atoms with E-state index in [1.165, 1.54) is 12.1 Å². The quantitative estimate of drug-likeness (QED) is 0.226. The fourth-order valence-corrected chi connectivity index (χ4v) is 9.02. The summed E-state index contributed by atoms with van der Waals surface area (Å²) in [5, 5.41) is 7.11. The number of allylic oxidation sites excluding steroid dienone is 2. The van der Waals surface area contributed by atoms with E-state index in [-0.39, 0.29) is 45.6 Å². The molecule has 2 aliphatic carbocycles. The maximum Gasteiger partial charge on any atom is 0.335 e. The molecule has 0 fully saturated rings. The maximum atomic E-state index is 13.1. The first-order valence-corrected chi connectivity index (χ1v) is 18.2. The fraction of sp³-hybridized carbons (Fsp3) is 0.400. The van der Waals surface area contributed by atoms with Crippen molar-refractivity contribution < 1.29 is 45.0 Å². The molecule has 0 aliphatic heterocycles. The van der Waals surface area contributed by atoms with E-state index in [1.54, 1.807) is 19.9 Å². The first kappa shape index (κ1) is 37.3. The van der Waals surface area contributed by atoms with Crippen LogP contribution in [0.4, 0.5) is 20.2 Å². The van der Waals surface area contributed by atoms with Crippen molar-refractivity contribution in [3.05, 3.63) is 80.9 Å². The monoisotopic (exact) mass is 722 g/mol. The first-order chi connectivity index (χ1) is 21.6. The number of halogens is 4. The number of hydrogen-bond donors (Lipinski definition) is 3. The molecule has 2 aromatic carbocycles. The number of hydrogen-bond acceptors (Lipinski definition) is 7. The Labute approximate surface area is 276 Å². The number of carboxylic acids is 1. The van der Waals surface area contributed by atoms with Crippen molar-refractivity contribution in [3.63, 3.8) is 0 Å². The van der Waals surface area contributed by atoms with E-state index >= 15 is 0 Å². The molecule has 46 heavy (non-hydrogen) atoms. The molecule has 0 radical (unpaired) electrons. The number of sulfonamides is 2. The highest BCUT2D eigenvalue weighted by Crippen LogP contribution is 2.34. The lowest BCUT2D eigenvalue weighted by molar-refractivity contribution is -0.138. The first-order valence-electron chi connectivity index (χ1n) is 14.4. The minimum Gasteiger partial charge on any atom is -0.478 e. The van der Waals surface area contributed by atoms with Gasteiger partial charge in [-0.3, -0.25) is 9.44 Å². The Kier molecular flexibility index (Phi) is 13.0. The molecule has 0 bridgehead atoms. The van der Waals surface area contributed by atoms with Gasteiger partial charge >= 0.3 is 11.9 Å². The summed E-state index contributed by atoms with van der Waals surface area (Å²) in [5.74, 6) is -3.01. The Bertz CT molecular complexity index is 1750. The average molecular weight is 724 g/mol. The topological polar surface area (TPSA) is 156 Å². The molecule has 0 saturated carbocycles. The predicted molar refractivity (Wildman–Crippen MR) is 173 cm³/mol. The van der Waals surface area contributed by atoms with Crippen LogP contribution >= 0.6 is 23.2 Å². The minimum absolute atomic E-state index is 0.0291. The number of carboxylic acid groups (broad SMARTS) is 1. The minimum atomic E-state index is -4.00. The molecule has 0 heterocycles. The van der Waals surface area contributed by atoms with Crippen molar-refractivity contribution in [2.24, 2.45) is 0 Å². The highest BCUT2D eigenvalue weighted by molar-refractivity contribution is 7.93. The molecule has 2 aromatic rings. The third-order valence-corrected chi connectivity index (χ3v) is 11.4. The fourth-order valence-electron chi connectivity index (χ4n) is 5.17. The molecule has 252 valence electrons. The predicted octanol–water partition coefficient (Wildman–Crippen LogP) is 6.83. The number of aliphatic carboxylic acids is 1. The Balaban J connectivity index is 0.000000250. The number of anilines is 2. The molecular formula is C30H34Cl2F2N2O8S2. The summed E-state index contributed by atoms with van der Waals surface area (Å²) >= 11 is 11.7. The van der Waals surface area contributed by atoms with Gasteiger partial charge in [0.2, 0.25) is 20.0 Å². The zero-order valence-electron chi connectivity index (χ0n) is 25.0. The van der Waals surface area contributed by atoms with E-state index in [4.69, 9.17) is 27.9 Å². The van der Waals surface area contributed by atoms with Crippen molar-refractivity contribution >= 4 is 66.6 Å². The van der Waals surface area contributed by atoms with Crippen LogP contribution in [0.5, 0.6) is 0 Å². The summed E-state index contributed by atoms with van der Waals surface area (Å²) in [7, 11) is -7.91. The molecular weight excluding hydrogens is 689 g/mol. The summed E-state index contributed by atoms with van der Waals surface area (Å²) in [6.45, 7) is 3.62. The molecule has 16 heteroatoms. The van der Waals surface area contributed by atoms with Crippen molar-refractivity contribution in [2.45, 2.75) is 69.3 Å². The summed E-state index contributed by atoms with van der Waals surface area (Å²) in [4.78, 5) is 23.5. The van der Waals surface area contributed by atoms with Gasteiger partial charge in [-0.05, 0) is 88.3 Å². The van der Waals surface area contributed by atoms with Crippen LogP contribution in [-0.4, -0.2) is 51.0 Å². The van der Waals surface area contributed by atoms with E-state index in [0.717, 1.165) is 24.3 Å². The van der Waals surface area contributed by atoms with Gasteiger partial charge in [-0.1, -0.05) is 41.8 Å². The smallest absolute Gasteiger partial charge is 0.335 e. The number of benzene rings is 2. The van der Waals surface area contributed by atoms with Crippen LogP contribution in [0.2, 0.25) is 10.0 Å². The number of carbonyl (C=O) groups excluding carboxylic acids is 1. The zero-order chi connectivity index (χ0) is 34.2. The molecule has 0 amide bonds. The molecule has 2 aliphatic rings. The van der Waals surface area contributed by atoms with Gasteiger partial charge in [0.15, 0.2) is 0 Å². The summed E-state index contributed by atoms with van der Waals surface area (Å²) in [5.41, 5.74) is 0.806. The lowest BCUT2D eigenvalue weighted by Gasteiger charge is -2.26. The van der Waals surface area contributed by atoms with Crippen LogP contribution in [0.15, 0.2) is 59.2 Å². The summed E-state index contributed by atoms with van der Waals surface area (Å²) < 4.78 is 86.1. The van der Waals surface area contributed by atoms with E-state index in [9.17, 15) is 40.3 Å². The van der Waals surface area contributed by atoms with Gasteiger partial charge in [0.1, 0.15) is 22.1 Å². The lowest BCUT2D eigenvalue weighted by Crippen LogP contribution is -2.35. The van der Waals surface area contributed by atoms with Gasteiger partial charge < -0.3 is 9.84 Å². The third-order valence-electron chi connectivity index (χ3n) is 7.31. The average Bonchev–Trinajstić information content (AvgIpc) is 3.00. The number of rotatable bonds is 10. The van der Waals surface area contributed by atoms with Crippen molar-refractivity contribution in [2.75, 3.05) is 16.1 Å². The van der Waals surface area contributed by atoms with Gasteiger partial charge in [-0.25, -0.2) is 35.2 Å². The second-order valence-corrected chi connectivity index (χ2v) is 14.9. The van der Waals surface area contributed by atoms with Crippen LogP contribution in [0.1, 0.15) is 58.8 Å². The number of nitrogens with one attached hydrogen (secondary N) is 2. The largest absolute Gasteiger partial charge is 0.478 e. The molecule has 0 spiro atoms. The van der Waals surface area contributed by atoms with Crippen LogP contribution < -0.4 is 9.44 Å². The van der Waals surface area contributed by atoms with E-state index in [1.807, 2.05) is 0 Å². The van der Waals surface area contributed by atoms with Crippen molar-refractivity contribution in [1.82, 2.24) is 0 Å². The summed E-state index contributed by atoms with van der Waals surface area (Å²) in [6, 6.07) is 6.64.